The molecule has 3 unspecified atom stereocenters. The van der Waals surface area contributed by atoms with Crippen LogP contribution < -0.4 is 9.47 Å². The van der Waals surface area contributed by atoms with E-state index in [0.29, 0.717) is 17.9 Å². The Hall–Kier alpha value is -1.17. The van der Waals surface area contributed by atoms with Crippen LogP contribution in [0.25, 0.3) is 0 Å². The average Bonchev–Trinajstić information content (AvgIpc) is 3.46. The summed E-state index contributed by atoms with van der Waals surface area (Å²) < 4.78 is 41.3. The van der Waals surface area contributed by atoms with Crippen LogP contribution in [0, 0.1) is 5.21 Å². The van der Waals surface area contributed by atoms with Gasteiger partial charge in [0.2, 0.25) is 0 Å². The zero-order valence-corrected chi connectivity index (χ0v) is 33.0. The topological polar surface area (TPSA) is 104 Å². The maximum absolute atomic E-state index is 11.9. The highest BCUT2D eigenvalue weighted by Crippen LogP contribution is 2.69. The first-order chi connectivity index (χ1) is 23.2. The Kier molecular flexibility index (Phi) is 9.86. The lowest BCUT2D eigenvalue weighted by molar-refractivity contribution is -0.615. The highest BCUT2D eigenvalue weighted by atomic mass is 32.5. The zero-order chi connectivity index (χ0) is 34.7. The first-order valence-electron chi connectivity index (χ1n) is 16.3. The number of nitrogens with zero attached hydrogens (tertiary/aromatic N) is 2. The van der Waals surface area contributed by atoms with Crippen molar-refractivity contribution < 1.29 is 36.6 Å². The smallest absolute Gasteiger partial charge is 0.199 e. The molecule has 0 radical (unpaired) electrons. The van der Waals surface area contributed by atoms with Gasteiger partial charge < -0.3 is 37.1 Å². The van der Waals surface area contributed by atoms with E-state index in [1.54, 1.807) is 25.4 Å². The molecule has 10 nitrogen and oxygen atoms in total. The molecule has 3 aliphatic heterocycles. The minimum Gasteiger partial charge on any atom is -0.618 e. The van der Waals surface area contributed by atoms with Crippen molar-refractivity contribution in [1.29, 1.82) is 0 Å². The molecule has 3 aromatic rings. The van der Waals surface area contributed by atoms with Crippen LogP contribution in [0.1, 0.15) is 55.5 Å². The van der Waals surface area contributed by atoms with Gasteiger partial charge in [-0.1, -0.05) is 36.4 Å². The van der Waals surface area contributed by atoms with Crippen LogP contribution >= 0.6 is 19.5 Å². The van der Waals surface area contributed by atoms with Gasteiger partial charge in [-0.3, -0.25) is 4.98 Å². The molecule has 9 rings (SSSR count). The van der Waals surface area contributed by atoms with Gasteiger partial charge in [0.1, 0.15) is 28.7 Å². The molecule has 2 aromatic heterocycles. The Morgan fingerprint density at radius 1 is 0.796 bits per heavy atom. The van der Waals surface area contributed by atoms with E-state index in [9.17, 15) is 5.21 Å². The summed E-state index contributed by atoms with van der Waals surface area (Å²) >= 11 is 16.0. The van der Waals surface area contributed by atoms with Crippen LogP contribution in [-0.2, 0) is 80.2 Å². The molecule has 264 valence electrons. The third-order valence-corrected chi connectivity index (χ3v) is 15.4. The van der Waals surface area contributed by atoms with Crippen LogP contribution in [0.2, 0.25) is 0 Å². The summed E-state index contributed by atoms with van der Waals surface area (Å²) in [6.07, 6.45) is 10.1. The molecule has 9 atom stereocenters. The summed E-state index contributed by atoms with van der Waals surface area (Å²) in [4.78, 5) is 4.37. The molecule has 0 spiro atoms. The fourth-order valence-electron chi connectivity index (χ4n) is 7.42. The summed E-state index contributed by atoms with van der Waals surface area (Å²) in [6, 6.07) is 19.6. The van der Waals surface area contributed by atoms with Crippen molar-refractivity contribution in [3.8, 4) is 5.75 Å². The van der Waals surface area contributed by atoms with Crippen LogP contribution in [0.15, 0.2) is 73.1 Å². The minimum absolute atomic E-state index is 0.0366. The lowest BCUT2D eigenvalue weighted by atomic mass is 9.72. The van der Waals surface area contributed by atoms with Crippen molar-refractivity contribution in [2.24, 2.45) is 0 Å². The molecule has 1 aromatic carbocycles. The molecule has 3 aliphatic carbocycles. The zero-order valence-electron chi connectivity index (χ0n) is 27.8. The van der Waals surface area contributed by atoms with Crippen molar-refractivity contribution in [3.05, 3.63) is 95.2 Å². The number of methoxy groups -OCH3 is 1. The molecular formula is C33H41N2O8P3S3. The summed E-state index contributed by atoms with van der Waals surface area (Å²) in [5, 5.41) is 11.9. The highest BCUT2D eigenvalue weighted by molar-refractivity contribution is 8.10. The second kappa shape index (κ2) is 13.4. The lowest BCUT2D eigenvalue weighted by Gasteiger charge is -2.41. The van der Waals surface area contributed by atoms with E-state index in [2.05, 4.69) is 17.1 Å². The van der Waals surface area contributed by atoms with Crippen LogP contribution in [0.3, 0.4) is 0 Å². The molecule has 0 bridgehead atoms. The molecule has 6 aliphatic rings. The predicted molar refractivity (Wildman–Crippen MR) is 199 cm³/mol. The Bertz CT molecular complexity index is 1780. The number of ether oxygens (including phenoxy) is 1. The largest absolute Gasteiger partial charge is 0.618 e. The number of pyridine rings is 2. The van der Waals surface area contributed by atoms with Gasteiger partial charge in [-0.05, 0) is 91.6 Å². The molecule has 3 saturated carbocycles. The van der Waals surface area contributed by atoms with Gasteiger partial charge in [-0.2, -0.15) is 4.73 Å². The van der Waals surface area contributed by atoms with Crippen molar-refractivity contribution in [2.45, 2.75) is 80.1 Å². The fraction of sp³-hybridized carbons (Fsp3) is 0.515. The summed E-state index contributed by atoms with van der Waals surface area (Å²) in [5.41, 5.74) is 1.87. The number of benzene rings is 1. The van der Waals surface area contributed by atoms with Crippen molar-refractivity contribution in [3.63, 3.8) is 0 Å². The maximum atomic E-state index is 11.9. The van der Waals surface area contributed by atoms with Crippen LogP contribution in [0.5, 0.6) is 5.75 Å². The summed E-state index contributed by atoms with van der Waals surface area (Å²) in [7, 11) is 1.58. The van der Waals surface area contributed by atoms with Gasteiger partial charge in [-0.25, -0.2) is 0 Å². The molecule has 16 heteroatoms. The van der Waals surface area contributed by atoms with E-state index < -0.39 is 25.1 Å². The second-order valence-corrected chi connectivity index (χ2v) is 25.2. The van der Waals surface area contributed by atoms with Crippen molar-refractivity contribution >= 4 is 54.9 Å². The van der Waals surface area contributed by atoms with E-state index >= 15 is 0 Å². The second-order valence-electron chi connectivity index (χ2n) is 13.5. The molecule has 6 fully saturated rings. The Labute approximate surface area is 303 Å². The van der Waals surface area contributed by atoms with Gasteiger partial charge in [0.05, 0.1) is 31.4 Å². The number of hydrogen-bond acceptors (Lipinski definition) is 12. The molecule has 3 saturated heterocycles. The summed E-state index contributed by atoms with van der Waals surface area (Å²) in [6.45, 7) is -0.497. The van der Waals surface area contributed by atoms with Gasteiger partial charge in [0, 0.05) is 38.3 Å². The highest BCUT2D eigenvalue weighted by Gasteiger charge is 2.61. The van der Waals surface area contributed by atoms with Crippen molar-refractivity contribution in [2.75, 3.05) is 27.1 Å². The fourth-order valence-corrected chi connectivity index (χ4v) is 14.7. The molecule has 5 heterocycles. The van der Waals surface area contributed by atoms with E-state index in [0.717, 1.165) is 48.9 Å². The van der Waals surface area contributed by atoms with E-state index in [-0.39, 0.29) is 29.5 Å². The van der Waals surface area contributed by atoms with Gasteiger partial charge in [-0.15, -0.1) is 0 Å². The molecule has 0 N–H and O–H groups in total. The molecular weight excluding hydrogens is 741 g/mol. The molecule has 0 amide bonds. The minimum atomic E-state index is -2.14. The predicted octanol–water partition coefficient (Wildman–Crippen LogP) is 7.21. The van der Waals surface area contributed by atoms with E-state index in [4.69, 9.17) is 67.3 Å². The third kappa shape index (κ3) is 7.01. The SMILES string of the molecule is COc1cc[n+]([O-])c(C[C@@]23CC[C@@H]2OP(C)(=S)O3)c1.CP1(=S)O[C@H]2CC[C@@]2(c2ccccc2)O1.CP1(=S)O[C@H]2CC[C@@]2(c2ccccn2)O1. The first kappa shape index (κ1) is 36.2. The van der Waals surface area contributed by atoms with Gasteiger partial charge in [0.25, 0.3) is 0 Å². The van der Waals surface area contributed by atoms with Gasteiger partial charge in [0.15, 0.2) is 31.4 Å². The van der Waals surface area contributed by atoms with Crippen LogP contribution in [-0.4, -0.2) is 56.0 Å². The average molecular weight is 783 g/mol. The van der Waals surface area contributed by atoms with E-state index in [1.165, 1.54) is 11.8 Å². The van der Waals surface area contributed by atoms with Gasteiger partial charge >= 0.3 is 0 Å². The number of rotatable bonds is 5. The number of fused-ring (bicyclic) bond motifs is 3. The first-order valence-corrected chi connectivity index (χ1v) is 25.6. The van der Waals surface area contributed by atoms with Crippen molar-refractivity contribution in [1.82, 2.24) is 4.98 Å². The lowest BCUT2D eigenvalue weighted by Crippen LogP contribution is -2.52. The number of hydrogen-bond donors (Lipinski definition) is 0. The quantitative estimate of drug-likeness (QED) is 0.148. The van der Waals surface area contributed by atoms with E-state index in [1.807, 2.05) is 56.4 Å². The monoisotopic (exact) mass is 782 g/mol. The Morgan fingerprint density at radius 3 is 1.90 bits per heavy atom. The Morgan fingerprint density at radius 2 is 1.39 bits per heavy atom. The normalized spacial score (nSPS) is 40.8. The third-order valence-electron chi connectivity index (χ3n) is 10.0. The maximum Gasteiger partial charge on any atom is 0.199 e. The molecule has 49 heavy (non-hydrogen) atoms. The standard InChI is InChI=1S/C12H16NO4PS.C11H13O2PS.C10H12NO2PS/c1-15-10-4-6-13(14)9(7-10)8-12-5-3-11(12)16-18(2,19)17-12;1-14(15)12-10-7-8-11(10,13-14)9-5-3-2-4-6-9;1-14(15)12-9-5-6-10(9,13-14)8-4-2-3-7-11-8/h4,6-7,11H,3,5,8H2,1-2H3;2-6,10H,7-8H2,1H3;2-4,7,9H,5-6H2,1H3/t11-,12-,18?;10-,11-,14?;9-,10-,14?/m000/s1. The summed E-state index contributed by atoms with van der Waals surface area (Å²) in [5.74, 6) is 0.671. The number of aromatic nitrogens is 2. The van der Waals surface area contributed by atoms with Crippen LogP contribution in [0.4, 0.5) is 0 Å². The Balaban J connectivity index is 0.000000117.